The minimum atomic E-state index is 0.118. The van der Waals surface area contributed by atoms with Gasteiger partial charge in [-0.05, 0) is 31.2 Å². The summed E-state index contributed by atoms with van der Waals surface area (Å²) in [6.45, 7) is 6.11. The maximum atomic E-state index is 6.34. The number of anilines is 4. The van der Waals surface area contributed by atoms with Crippen LogP contribution in [0.15, 0.2) is 30.6 Å². The molecule has 0 amide bonds. The Bertz CT molecular complexity index is 731. The van der Waals surface area contributed by atoms with Gasteiger partial charge in [0.25, 0.3) is 0 Å². The van der Waals surface area contributed by atoms with E-state index in [9.17, 15) is 0 Å². The highest BCUT2D eigenvalue weighted by Crippen LogP contribution is 2.28. The summed E-state index contributed by atoms with van der Waals surface area (Å²) in [7, 11) is 3.36. The van der Waals surface area contributed by atoms with Crippen LogP contribution in [-0.2, 0) is 4.74 Å². The van der Waals surface area contributed by atoms with Gasteiger partial charge in [0.1, 0.15) is 17.8 Å². The molecule has 1 aromatic carbocycles. The number of piperazine rings is 1. The Labute approximate surface area is 160 Å². The predicted octanol–water partition coefficient (Wildman–Crippen LogP) is 1.84. The molecule has 8 heteroatoms. The van der Waals surface area contributed by atoms with Gasteiger partial charge in [-0.25, -0.2) is 9.97 Å². The molecule has 1 unspecified atom stereocenters. The van der Waals surface area contributed by atoms with Crippen molar-refractivity contribution in [3.63, 3.8) is 0 Å². The number of aromatic nitrogens is 2. The van der Waals surface area contributed by atoms with Crippen LogP contribution in [0.3, 0.4) is 0 Å². The molecule has 0 bridgehead atoms. The maximum absolute atomic E-state index is 6.34. The van der Waals surface area contributed by atoms with E-state index in [0.717, 1.165) is 37.7 Å². The smallest absolute Gasteiger partial charge is 0.157 e. The molecule has 0 aliphatic carbocycles. The normalized spacial score (nSPS) is 15.5. The SMILES string of the molecule is COCC(C)Nc1ncnc(N2CCN(c3ccc(OC)cc3)CC2)c1N. The molecule has 0 radical (unpaired) electrons. The minimum absolute atomic E-state index is 0.118. The van der Waals surface area contributed by atoms with E-state index in [0.29, 0.717) is 18.1 Å². The highest BCUT2D eigenvalue weighted by Gasteiger charge is 2.22. The van der Waals surface area contributed by atoms with Crippen LogP contribution in [-0.4, -0.2) is 63.0 Å². The number of hydrogen-bond donors (Lipinski definition) is 2. The first-order chi connectivity index (χ1) is 13.1. The third-order valence-corrected chi connectivity index (χ3v) is 4.68. The van der Waals surface area contributed by atoms with E-state index in [4.69, 9.17) is 15.2 Å². The zero-order valence-electron chi connectivity index (χ0n) is 16.2. The first-order valence-corrected chi connectivity index (χ1v) is 9.12. The molecular weight excluding hydrogens is 344 g/mol. The fourth-order valence-corrected chi connectivity index (χ4v) is 3.25. The van der Waals surface area contributed by atoms with Gasteiger partial charge in [-0.1, -0.05) is 0 Å². The molecule has 2 aromatic rings. The van der Waals surface area contributed by atoms with Crippen LogP contribution in [0.5, 0.6) is 5.75 Å². The molecule has 146 valence electrons. The molecule has 1 aliphatic rings. The standard InChI is InChI=1S/C19H28N6O2/c1-14(12-26-2)23-18-17(20)19(22-13-21-18)25-10-8-24(9-11-25)15-4-6-16(27-3)7-5-15/h4-7,13-14H,8-12,20H2,1-3H3,(H,21,22,23). The lowest BCUT2D eigenvalue weighted by Crippen LogP contribution is -2.47. The van der Waals surface area contributed by atoms with Crippen molar-refractivity contribution in [3.05, 3.63) is 30.6 Å². The molecule has 1 aliphatic heterocycles. The average Bonchev–Trinajstić information content (AvgIpc) is 2.70. The van der Waals surface area contributed by atoms with Crippen LogP contribution >= 0.6 is 0 Å². The summed E-state index contributed by atoms with van der Waals surface area (Å²) >= 11 is 0. The number of benzene rings is 1. The van der Waals surface area contributed by atoms with Crippen LogP contribution < -0.4 is 25.6 Å². The van der Waals surface area contributed by atoms with Crippen molar-refractivity contribution in [2.75, 3.05) is 67.9 Å². The molecule has 2 heterocycles. The van der Waals surface area contributed by atoms with Crippen molar-refractivity contribution in [2.24, 2.45) is 0 Å². The van der Waals surface area contributed by atoms with Crippen LogP contribution in [0.1, 0.15) is 6.92 Å². The Morgan fingerprint density at radius 2 is 1.74 bits per heavy atom. The predicted molar refractivity (Wildman–Crippen MR) is 109 cm³/mol. The van der Waals surface area contributed by atoms with Gasteiger partial charge in [-0.15, -0.1) is 0 Å². The van der Waals surface area contributed by atoms with E-state index < -0.39 is 0 Å². The number of nitrogen functional groups attached to an aromatic ring is 1. The molecule has 0 saturated carbocycles. The van der Waals surface area contributed by atoms with Crippen LogP contribution in [0, 0.1) is 0 Å². The van der Waals surface area contributed by atoms with E-state index in [1.54, 1.807) is 20.5 Å². The monoisotopic (exact) mass is 372 g/mol. The second kappa shape index (κ2) is 8.77. The molecule has 8 nitrogen and oxygen atoms in total. The Morgan fingerprint density at radius 3 is 2.37 bits per heavy atom. The molecule has 0 spiro atoms. The van der Waals surface area contributed by atoms with Crippen molar-refractivity contribution in [3.8, 4) is 5.75 Å². The van der Waals surface area contributed by atoms with E-state index in [1.165, 1.54) is 5.69 Å². The molecule has 3 rings (SSSR count). The van der Waals surface area contributed by atoms with Gasteiger partial charge in [-0.2, -0.15) is 0 Å². The van der Waals surface area contributed by atoms with Gasteiger partial charge < -0.3 is 30.3 Å². The molecule has 1 saturated heterocycles. The fraction of sp³-hybridized carbons (Fsp3) is 0.474. The average molecular weight is 372 g/mol. The number of nitrogens with two attached hydrogens (primary N) is 1. The fourth-order valence-electron chi connectivity index (χ4n) is 3.25. The van der Waals surface area contributed by atoms with Crippen LogP contribution in [0.2, 0.25) is 0 Å². The lowest BCUT2D eigenvalue weighted by atomic mass is 10.2. The molecule has 1 aromatic heterocycles. The van der Waals surface area contributed by atoms with Crippen molar-refractivity contribution >= 4 is 23.0 Å². The maximum Gasteiger partial charge on any atom is 0.157 e. The van der Waals surface area contributed by atoms with Crippen molar-refractivity contribution in [2.45, 2.75) is 13.0 Å². The Balaban J connectivity index is 1.65. The number of nitrogens with zero attached hydrogens (tertiary/aromatic N) is 4. The molecule has 3 N–H and O–H groups in total. The zero-order valence-corrected chi connectivity index (χ0v) is 16.2. The molecular formula is C19H28N6O2. The minimum Gasteiger partial charge on any atom is -0.497 e. The van der Waals surface area contributed by atoms with Gasteiger partial charge in [-0.3, -0.25) is 0 Å². The Morgan fingerprint density at radius 1 is 1.07 bits per heavy atom. The Kier molecular flexibility index (Phi) is 6.18. The topological polar surface area (TPSA) is 88.8 Å². The number of hydrogen-bond acceptors (Lipinski definition) is 8. The van der Waals surface area contributed by atoms with E-state index in [1.807, 2.05) is 19.1 Å². The van der Waals surface area contributed by atoms with E-state index >= 15 is 0 Å². The van der Waals surface area contributed by atoms with Gasteiger partial charge in [0.2, 0.25) is 0 Å². The highest BCUT2D eigenvalue weighted by molar-refractivity contribution is 5.75. The molecule has 1 fully saturated rings. The lowest BCUT2D eigenvalue weighted by Gasteiger charge is -2.37. The largest absolute Gasteiger partial charge is 0.497 e. The number of nitrogens with one attached hydrogen (secondary N) is 1. The van der Waals surface area contributed by atoms with Gasteiger partial charge >= 0.3 is 0 Å². The third-order valence-electron chi connectivity index (χ3n) is 4.68. The van der Waals surface area contributed by atoms with E-state index in [2.05, 4.69) is 37.2 Å². The summed E-state index contributed by atoms with van der Waals surface area (Å²) in [5, 5.41) is 3.29. The number of methoxy groups -OCH3 is 2. The van der Waals surface area contributed by atoms with Gasteiger partial charge in [0.05, 0.1) is 13.7 Å². The molecule has 27 heavy (non-hydrogen) atoms. The van der Waals surface area contributed by atoms with Gasteiger partial charge in [0, 0.05) is 45.0 Å². The van der Waals surface area contributed by atoms with Crippen molar-refractivity contribution in [1.29, 1.82) is 0 Å². The van der Waals surface area contributed by atoms with Crippen molar-refractivity contribution in [1.82, 2.24) is 9.97 Å². The lowest BCUT2D eigenvalue weighted by molar-refractivity contribution is 0.190. The van der Waals surface area contributed by atoms with E-state index in [-0.39, 0.29) is 6.04 Å². The third kappa shape index (κ3) is 4.51. The Hall–Kier alpha value is -2.74. The second-order valence-corrected chi connectivity index (χ2v) is 6.63. The van der Waals surface area contributed by atoms with Crippen LogP contribution in [0.4, 0.5) is 23.0 Å². The second-order valence-electron chi connectivity index (χ2n) is 6.63. The summed E-state index contributed by atoms with van der Waals surface area (Å²) in [5.74, 6) is 2.31. The van der Waals surface area contributed by atoms with Gasteiger partial charge in [0.15, 0.2) is 11.6 Å². The quantitative estimate of drug-likeness (QED) is 0.761. The zero-order chi connectivity index (χ0) is 19.2. The summed E-state index contributed by atoms with van der Waals surface area (Å²) in [5.41, 5.74) is 8.12. The first-order valence-electron chi connectivity index (χ1n) is 9.12. The highest BCUT2D eigenvalue weighted by atomic mass is 16.5. The van der Waals surface area contributed by atoms with Crippen molar-refractivity contribution < 1.29 is 9.47 Å². The van der Waals surface area contributed by atoms with Crippen LogP contribution in [0.25, 0.3) is 0 Å². The number of ether oxygens (including phenoxy) is 2. The summed E-state index contributed by atoms with van der Waals surface area (Å²) in [4.78, 5) is 13.3. The first kappa shape index (κ1) is 19.0. The molecule has 1 atom stereocenters. The summed E-state index contributed by atoms with van der Waals surface area (Å²) in [6.07, 6.45) is 1.56. The summed E-state index contributed by atoms with van der Waals surface area (Å²) < 4.78 is 10.4. The number of rotatable bonds is 7. The summed E-state index contributed by atoms with van der Waals surface area (Å²) in [6, 6.07) is 8.28.